The Kier molecular flexibility index (Phi) is 1.31. The van der Waals surface area contributed by atoms with Crippen molar-refractivity contribution >= 4 is 29.4 Å². The first-order valence-electron chi connectivity index (χ1n) is 4.33. The standard InChI is InChI=1S/C11H6N2O/c14-10-6-12-13-9-5-7-3-1-2-4-8(7)11(9)10/h1-6H. The molecule has 1 aliphatic carbocycles. The average molecular weight is 182 g/mol. The molecule has 14 heavy (non-hydrogen) atoms. The van der Waals surface area contributed by atoms with Crippen LogP contribution >= 0.6 is 0 Å². The Morgan fingerprint density at radius 2 is 2.00 bits per heavy atom. The summed E-state index contributed by atoms with van der Waals surface area (Å²) in [6, 6.07) is 7.76. The molecule has 0 saturated heterocycles. The van der Waals surface area contributed by atoms with Crippen molar-refractivity contribution in [1.82, 2.24) is 0 Å². The summed E-state index contributed by atoms with van der Waals surface area (Å²) in [7, 11) is 0. The topological polar surface area (TPSA) is 41.8 Å². The van der Waals surface area contributed by atoms with Gasteiger partial charge in [-0.05, 0) is 16.5 Å². The van der Waals surface area contributed by atoms with E-state index in [9.17, 15) is 4.79 Å². The third-order valence-corrected chi connectivity index (χ3v) is 2.37. The van der Waals surface area contributed by atoms with Crippen molar-refractivity contribution in [3.63, 3.8) is 0 Å². The van der Waals surface area contributed by atoms with Crippen molar-refractivity contribution in [2.45, 2.75) is 0 Å². The first-order valence-corrected chi connectivity index (χ1v) is 4.33. The Balaban J connectivity index is 2.51. The lowest BCUT2D eigenvalue weighted by molar-refractivity contribution is -0.107. The van der Waals surface area contributed by atoms with E-state index in [-0.39, 0.29) is 5.78 Å². The number of carbonyl (C=O) groups excluding carboxylic acids is 1. The van der Waals surface area contributed by atoms with Crippen LogP contribution in [0.1, 0.15) is 0 Å². The molecule has 3 rings (SSSR count). The van der Waals surface area contributed by atoms with Crippen LogP contribution in [0, 0.1) is 0 Å². The number of nitrogens with zero attached hydrogens (tertiary/aromatic N) is 2. The molecular formula is C11H6N2O. The summed E-state index contributed by atoms with van der Waals surface area (Å²) in [6.07, 6.45) is 3.15. The Morgan fingerprint density at radius 3 is 2.93 bits per heavy atom. The second-order valence-electron chi connectivity index (χ2n) is 3.20. The Morgan fingerprint density at radius 1 is 1.14 bits per heavy atom. The molecule has 0 spiro atoms. The summed E-state index contributed by atoms with van der Waals surface area (Å²) in [6.45, 7) is 0. The van der Waals surface area contributed by atoms with Crippen LogP contribution in [0.25, 0.3) is 11.6 Å². The van der Waals surface area contributed by atoms with E-state index in [1.54, 1.807) is 0 Å². The SMILES string of the molecule is O=C1C=NN=C2C=c3ccccc3=C12. The van der Waals surface area contributed by atoms with Crippen LogP contribution < -0.4 is 10.4 Å². The zero-order valence-electron chi connectivity index (χ0n) is 7.27. The molecule has 1 aromatic rings. The number of benzene rings is 1. The van der Waals surface area contributed by atoms with Gasteiger partial charge in [0.05, 0.1) is 17.5 Å². The number of rotatable bonds is 0. The molecule has 0 radical (unpaired) electrons. The van der Waals surface area contributed by atoms with Gasteiger partial charge in [-0.1, -0.05) is 24.3 Å². The number of ketones is 1. The number of hydrogen-bond acceptors (Lipinski definition) is 3. The zero-order valence-corrected chi connectivity index (χ0v) is 7.27. The van der Waals surface area contributed by atoms with Crippen LogP contribution in [-0.4, -0.2) is 17.7 Å². The average Bonchev–Trinajstić information content (AvgIpc) is 2.57. The minimum Gasteiger partial charge on any atom is -0.287 e. The summed E-state index contributed by atoms with van der Waals surface area (Å²) < 4.78 is 0. The van der Waals surface area contributed by atoms with Gasteiger partial charge in [0, 0.05) is 0 Å². The van der Waals surface area contributed by atoms with Crippen LogP contribution in [0.4, 0.5) is 0 Å². The summed E-state index contributed by atoms with van der Waals surface area (Å²) in [5.41, 5.74) is 1.36. The second kappa shape index (κ2) is 2.48. The van der Waals surface area contributed by atoms with E-state index in [1.807, 2.05) is 30.3 Å². The molecule has 0 atom stereocenters. The van der Waals surface area contributed by atoms with E-state index >= 15 is 0 Å². The van der Waals surface area contributed by atoms with Crippen molar-refractivity contribution < 1.29 is 4.79 Å². The molecule has 1 aliphatic heterocycles. The molecule has 1 heterocycles. The van der Waals surface area contributed by atoms with Crippen molar-refractivity contribution in [1.29, 1.82) is 0 Å². The van der Waals surface area contributed by atoms with Crippen LogP contribution in [0.2, 0.25) is 0 Å². The molecule has 1 aromatic carbocycles. The lowest BCUT2D eigenvalue weighted by Gasteiger charge is -2.01. The van der Waals surface area contributed by atoms with E-state index in [1.165, 1.54) is 6.21 Å². The van der Waals surface area contributed by atoms with Gasteiger partial charge in [0.2, 0.25) is 5.78 Å². The normalized spacial score (nSPS) is 17.3. The molecule has 0 aromatic heterocycles. The third kappa shape index (κ3) is 0.836. The summed E-state index contributed by atoms with van der Waals surface area (Å²) >= 11 is 0. The molecule has 0 saturated carbocycles. The predicted octanol–water partition coefficient (Wildman–Crippen LogP) is -0.359. The fraction of sp³-hybridized carbons (Fsp3) is 0. The lowest BCUT2D eigenvalue weighted by Crippen LogP contribution is -2.25. The number of fused-ring (bicyclic) bond motifs is 2. The maximum Gasteiger partial charge on any atom is 0.208 e. The molecular weight excluding hydrogens is 176 g/mol. The van der Waals surface area contributed by atoms with E-state index in [0.29, 0.717) is 11.3 Å². The monoisotopic (exact) mass is 182 g/mol. The Labute approximate surface area is 79.8 Å². The predicted molar refractivity (Wildman–Crippen MR) is 54.5 cm³/mol. The first-order chi connectivity index (χ1) is 6.86. The van der Waals surface area contributed by atoms with E-state index in [0.717, 1.165) is 10.4 Å². The van der Waals surface area contributed by atoms with Gasteiger partial charge < -0.3 is 0 Å². The largest absolute Gasteiger partial charge is 0.287 e. The first kappa shape index (κ1) is 7.38. The van der Waals surface area contributed by atoms with Gasteiger partial charge in [-0.25, -0.2) is 0 Å². The molecule has 0 bridgehead atoms. The molecule has 66 valence electrons. The minimum atomic E-state index is -0.0591. The molecule has 3 heteroatoms. The lowest BCUT2D eigenvalue weighted by atomic mass is 10.1. The van der Waals surface area contributed by atoms with E-state index < -0.39 is 0 Å². The third-order valence-electron chi connectivity index (χ3n) is 2.37. The quantitative estimate of drug-likeness (QED) is 0.540. The van der Waals surface area contributed by atoms with Gasteiger partial charge in [0.25, 0.3) is 0 Å². The van der Waals surface area contributed by atoms with Crippen molar-refractivity contribution in [3.05, 3.63) is 34.7 Å². The van der Waals surface area contributed by atoms with Gasteiger partial charge in [0.15, 0.2) is 0 Å². The van der Waals surface area contributed by atoms with Crippen LogP contribution in [0.15, 0.2) is 34.5 Å². The zero-order chi connectivity index (χ0) is 9.54. The molecule has 0 amide bonds. The van der Waals surface area contributed by atoms with Gasteiger partial charge in [-0.3, -0.25) is 4.79 Å². The van der Waals surface area contributed by atoms with Gasteiger partial charge in [0.1, 0.15) is 0 Å². The highest BCUT2D eigenvalue weighted by molar-refractivity contribution is 6.64. The number of Topliss-reactive ketones (excluding diaryl/α,β-unsaturated/α-hetero) is 1. The highest BCUT2D eigenvalue weighted by Gasteiger charge is 2.20. The summed E-state index contributed by atoms with van der Waals surface area (Å²) in [5, 5.41) is 9.58. The molecule has 0 unspecified atom stereocenters. The van der Waals surface area contributed by atoms with E-state index in [4.69, 9.17) is 0 Å². The van der Waals surface area contributed by atoms with Crippen molar-refractivity contribution in [2.75, 3.05) is 0 Å². The van der Waals surface area contributed by atoms with Gasteiger partial charge in [-0.2, -0.15) is 10.2 Å². The molecule has 2 aliphatic rings. The Bertz CT molecular complexity index is 608. The Hall–Kier alpha value is -2.03. The molecule has 0 N–H and O–H groups in total. The number of carbonyl (C=O) groups is 1. The van der Waals surface area contributed by atoms with Crippen molar-refractivity contribution in [3.8, 4) is 0 Å². The van der Waals surface area contributed by atoms with Gasteiger partial charge in [-0.15, -0.1) is 0 Å². The van der Waals surface area contributed by atoms with E-state index in [2.05, 4.69) is 10.2 Å². The second-order valence-corrected chi connectivity index (χ2v) is 3.20. The smallest absolute Gasteiger partial charge is 0.208 e. The van der Waals surface area contributed by atoms with Crippen molar-refractivity contribution in [2.24, 2.45) is 10.2 Å². The molecule has 3 nitrogen and oxygen atoms in total. The highest BCUT2D eigenvalue weighted by Crippen LogP contribution is 2.08. The fourth-order valence-corrected chi connectivity index (χ4v) is 1.75. The maximum atomic E-state index is 11.6. The van der Waals surface area contributed by atoms with Crippen LogP contribution in [-0.2, 0) is 4.79 Å². The van der Waals surface area contributed by atoms with Crippen LogP contribution in [0.5, 0.6) is 0 Å². The molecule has 0 fully saturated rings. The highest BCUT2D eigenvalue weighted by atomic mass is 16.1. The van der Waals surface area contributed by atoms with Crippen LogP contribution in [0.3, 0.4) is 0 Å². The fourth-order valence-electron chi connectivity index (χ4n) is 1.75. The maximum absolute atomic E-state index is 11.6. The minimum absolute atomic E-state index is 0.0591. The van der Waals surface area contributed by atoms with Gasteiger partial charge >= 0.3 is 0 Å². The number of hydrogen-bond donors (Lipinski definition) is 0. The summed E-state index contributed by atoms with van der Waals surface area (Å²) in [4.78, 5) is 11.6. The summed E-state index contributed by atoms with van der Waals surface area (Å²) in [5.74, 6) is -0.0591.